The lowest BCUT2D eigenvalue weighted by Crippen LogP contribution is -2.32. The van der Waals surface area contributed by atoms with E-state index in [0.717, 1.165) is 9.87 Å². The Morgan fingerprint density at radius 2 is 1.84 bits per heavy atom. The monoisotopic (exact) mass is 496 g/mol. The van der Waals surface area contributed by atoms with Crippen molar-refractivity contribution < 1.29 is 17.9 Å². The van der Waals surface area contributed by atoms with Crippen LogP contribution in [0.3, 0.4) is 0 Å². The van der Waals surface area contributed by atoms with Crippen molar-refractivity contribution >= 4 is 39.0 Å². The molecule has 0 aliphatic carbocycles. The van der Waals surface area contributed by atoms with Crippen LogP contribution in [0, 0.1) is 0 Å². The fourth-order valence-corrected chi connectivity index (χ4v) is 5.10. The molecule has 1 atom stereocenters. The summed E-state index contributed by atoms with van der Waals surface area (Å²) in [7, 11) is -2.73. The molecule has 170 valence electrons. The summed E-state index contributed by atoms with van der Waals surface area (Å²) in [6.07, 6.45) is 1.31. The molecule has 0 saturated carbocycles. The van der Waals surface area contributed by atoms with Crippen molar-refractivity contribution in [3.8, 4) is 11.8 Å². The van der Waals surface area contributed by atoms with Crippen LogP contribution in [0.4, 0.5) is 5.82 Å². The van der Waals surface area contributed by atoms with Gasteiger partial charge >= 0.3 is 0 Å². The van der Waals surface area contributed by atoms with E-state index in [1.165, 1.54) is 31.5 Å². The molecular weight excluding hydrogens is 475 g/mol. The maximum Gasteiger partial charge on any atom is 0.267 e. The highest BCUT2D eigenvalue weighted by Crippen LogP contribution is 2.35. The summed E-state index contributed by atoms with van der Waals surface area (Å²) in [5, 5.41) is 0.0507. The minimum Gasteiger partial charge on any atom is -0.478 e. The fraction of sp³-hybridized carbons (Fsp3) is 0.238. The number of rotatable bonds is 9. The second-order valence-electron chi connectivity index (χ2n) is 6.59. The minimum absolute atomic E-state index is 0.00856. The Hall–Kier alpha value is -2.59. The highest BCUT2D eigenvalue weighted by molar-refractivity contribution is 7.93. The van der Waals surface area contributed by atoms with Crippen LogP contribution in [0.1, 0.15) is 18.5 Å². The van der Waals surface area contributed by atoms with Gasteiger partial charge in [0.1, 0.15) is 11.5 Å². The molecule has 0 fully saturated rings. The molecule has 0 aliphatic rings. The fourth-order valence-electron chi connectivity index (χ4n) is 2.94. The first-order valence-corrected chi connectivity index (χ1v) is 11.8. The molecule has 8 nitrogen and oxygen atoms in total. The zero-order valence-electron chi connectivity index (χ0n) is 17.4. The first kappa shape index (κ1) is 24.1. The first-order valence-electron chi connectivity index (χ1n) is 9.60. The molecule has 3 aromatic rings. The summed E-state index contributed by atoms with van der Waals surface area (Å²) in [5.41, 5.74) is 7.05. The molecule has 1 heterocycles. The maximum absolute atomic E-state index is 13.3. The SMILES string of the molecule is CCN(c1ncc(OC[C@H](N)c2ccccc2)nc1OC)S(=O)(=O)c1cccc(Cl)c1Cl. The quantitative estimate of drug-likeness (QED) is 0.475. The number of aromatic nitrogens is 2. The Bertz CT molecular complexity index is 1180. The second kappa shape index (κ2) is 10.4. The van der Waals surface area contributed by atoms with Gasteiger partial charge in [-0.2, -0.15) is 4.98 Å². The number of methoxy groups -OCH3 is 1. The van der Waals surface area contributed by atoms with Crippen molar-refractivity contribution in [2.75, 3.05) is 24.6 Å². The Kier molecular flexibility index (Phi) is 7.78. The zero-order chi connectivity index (χ0) is 23.3. The molecule has 0 saturated heterocycles. The Balaban J connectivity index is 1.87. The predicted molar refractivity (Wildman–Crippen MR) is 124 cm³/mol. The third kappa shape index (κ3) is 5.07. The molecule has 11 heteroatoms. The van der Waals surface area contributed by atoms with Crippen LogP contribution in [0.15, 0.2) is 59.6 Å². The highest BCUT2D eigenvalue weighted by atomic mass is 35.5. The van der Waals surface area contributed by atoms with Gasteiger partial charge < -0.3 is 15.2 Å². The number of hydrogen-bond donors (Lipinski definition) is 1. The summed E-state index contributed by atoms with van der Waals surface area (Å²) in [4.78, 5) is 8.33. The van der Waals surface area contributed by atoms with E-state index in [-0.39, 0.29) is 51.7 Å². The average molecular weight is 497 g/mol. The number of nitrogens with zero attached hydrogens (tertiary/aromatic N) is 3. The van der Waals surface area contributed by atoms with E-state index < -0.39 is 10.0 Å². The van der Waals surface area contributed by atoms with Crippen molar-refractivity contribution in [1.29, 1.82) is 0 Å². The number of anilines is 1. The summed E-state index contributed by atoms with van der Waals surface area (Å²) < 4.78 is 38.5. The molecule has 3 rings (SSSR count). The third-order valence-electron chi connectivity index (χ3n) is 4.54. The minimum atomic E-state index is -4.09. The van der Waals surface area contributed by atoms with Gasteiger partial charge in [-0.05, 0) is 24.6 Å². The van der Waals surface area contributed by atoms with Crippen LogP contribution in [0.25, 0.3) is 0 Å². The van der Waals surface area contributed by atoms with Gasteiger partial charge in [-0.3, -0.25) is 0 Å². The lowest BCUT2D eigenvalue weighted by molar-refractivity contribution is 0.273. The van der Waals surface area contributed by atoms with Crippen LogP contribution < -0.4 is 19.5 Å². The van der Waals surface area contributed by atoms with E-state index in [4.69, 9.17) is 38.4 Å². The van der Waals surface area contributed by atoms with Gasteiger partial charge in [0.2, 0.25) is 11.7 Å². The normalized spacial score (nSPS) is 12.3. The lowest BCUT2D eigenvalue weighted by atomic mass is 10.1. The van der Waals surface area contributed by atoms with Gasteiger partial charge in [0.25, 0.3) is 15.9 Å². The molecule has 0 unspecified atom stereocenters. The van der Waals surface area contributed by atoms with E-state index in [1.54, 1.807) is 6.92 Å². The molecular formula is C21H22Cl2N4O4S. The molecule has 2 N–H and O–H groups in total. The summed E-state index contributed by atoms with van der Waals surface area (Å²) in [5.74, 6) is 0.108. The van der Waals surface area contributed by atoms with Crippen molar-refractivity contribution in [3.63, 3.8) is 0 Å². The van der Waals surface area contributed by atoms with Crippen LogP contribution >= 0.6 is 23.2 Å². The second-order valence-corrected chi connectivity index (χ2v) is 9.21. The maximum atomic E-state index is 13.3. The molecule has 0 spiro atoms. The number of ether oxygens (including phenoxy) is 2. The molecule has 0 bridgehead atoms. The largest absolute Gasteiger partial charge is 0.478 e. The summed E-state index contributed by atoms with van der Waals surface area (Å²) >= 11 is 12.2. The first-order chi connectivity index (χ1) is 15.3. The topological polar surface area (TPSA) is 108 Å². The van der Waals surface area contributed by atoms with E-state index >= 15 is 0 Å². The predicted octanol–water partition coefficient (Wildman–Crippen LogP) is 4.09. The van der Waals surface area contributed by atoms with E-state index in [0.29, 0.717) is 0 Å². The Labute approximate surface area is 197 Å². The van der Waals surface area contributed by atoms with Crippen molar-refractivity contribution in [2.45, 2.75) is 17.9 Å². The molecule has 2 aromatic carbocycles. The van der Waals surface area contributed by atoms with E-state index in [9.17, 15) is 8.42 Å². The van der Waals surface area contributed by atoms with Gasteiger partial charge in [0, 0.05) is 6.54 Å². The highest BCUT2D eigenvalue weighted by Gasteiger charge is 2.30. The Morgan fingerprint density at radius 1 is 1.12 bits per heavy atom. The van der Waals surface area contributed by atoms with Crippen LogP contribution in [-0.4, -0.2) is 38.6 Å². The van der Waals surface area contributed by atoms with E-state index in [2.05, 4.69) is 9.97 Å². The van der Waals surface area contributed by atoms with Crippen molar-refractivity contribution in [1.82, 2.24) is 9.97 Å². The molecule has 0 aliphatic heterocycles. The number of halogens is 2. The van der Waals surface area contributed by atoms with E-state index in [1.807, 2.05) is 30.3 Å². The van der Waals surface area contributed by atoms with Gasteiger partial charge in [-0.1, -0.05) is 59.6 Å². The van der Waals surface area contributed by atoms with Crippen molar-refractivity contribution in [2.24, 2.45) is 5.73 Å². The lowest BCUT2D eigenvalue weighted by Gasteiger charge is -2.23. The number of sulfonamides is 1. The smallest absolute Gasteiger partial charge is 0.267 e. The molecule has 0 amide bonds. The van der Waals surface area contributed by atoms with Gasteiger partial charge in [0.05, 0.1) is 29.4 Å². The van der Waals surface area contributed by atoms with Gasteiger partial charge in [-0.25, -0.2) is 17.7 Å². The number of hydrogen-bond acceptors (Lipinski definition) is 7. The molecule has 32 heavy (non-hydrogen) atoms. The zero-order valence-corrected chi connectivity index (χ0v) is 19.7. The Morgan fingerprint density at radius 3 is 2.50 bits per heavy atom. The molecule has 0 radical (unpaired) electrons. The van der Waals surface area contributed by atoms with Crippen LogP contribution in [0.2, 0.25) is 10.0 Å². The standard InChI is InChI=1S/C21H22Cl2N4O4S/c1-3-27(32(28,29)17-11-7-10-15(22)19(17)23)20-21(30-2)26-18(12-25-20)31-13-16(24)14-8-5-4-6-9-14/h4-12,16H,3,13,24H2,1-2H3/t16-/m0/s1. The number of benzene rings is 2. The third-order valence-corrected chi connectivity index (χ3v) is 7.38. The molecule has 1 aromatic heterocycles. The summed E-state index contributed by atoms with van der Waals surface area (Å²) in [6.45, 7) is 1.85. The van der Waals surface area contributed by atoms with Crippen molar-refractivity contribution in [3.05, 3.63) is 70.3 Å². The van der Waals surface area contributed by atoms with Crippen LogP contribution in [-0.2, 0) is 10.0 Å². The number of nitrogens with two attached hydrogens (primary N) is 1. The van der Waals surface area contributed by atoms with Gasteiger partial charge in [-0.15, -0.1) is 0 Å². The van der Waals surface area contributed by atoms with Gasteiger partial charge in [0.15, 0.2) is 0 Å². The average Bonchev–Trinajstić information content (AvgIpc) is 2.80. The van der Waals surface area contributed by atoms with Crippen LogP contribution in [0.5, 0.6) is 11.8 Å². The summed E-state index contributed by atoms with van der Waals surface area (Å²) in [6, 6.07) is 13.5.